The van der Waals surface area contributed by atoms with E-state index in [1.54, 1.807) is 10.9 Å². The molecule has 0 fully saturated rings. The fraction of sp³-hybridized carbons (Fsp3) is 0.214. The van der Waals surface area contributed by atoms with E-state index in [2.05, 4.69) is 15.5 Å². The van der Waals surface area contributed by atoms with Gasteiger partial charge in [-0.1, -0.05) is 35.5 Å². The molecule has 21 heavy (non-hydrogen) atoms. The second-order valence-corrected chi connectivity index (χ2v) is 4.21. The predicted molar refractivity (Wildman–Crippen MR) is 79.8 cm³/mol. The van der Waals surface area contributed by atoms with Crippen LogP contribution in [-0.4, -0.2) is 28.4 Å². The van der Waals surface area contributed by atoms with Gasteiger partial charge in [-0.15, -0.1) is 0 Å². The Labute approximate surface area is 122 Å². The molecule has 0 aliphatic heterocycles. The summed E-state index contributed by atoms with van der Waals surface area (Å²) < 4.78 is 1.80. The highest BCUT2D eigenvalue weighted by molar-refractivity contribution is 6.01. The molecule has 0 aliphatic carbocycles. The molecule has 2 rings (SSSR count). The minimum absolute atomic E-state index is 0.162. The van der Waals surface area contributed by atoms with Crippen molar-refractivity contribution in [3.8, 4) is 0 Å². The molecule has 1 aromatic carbocycles. The van der Waals surface area contributed by atoms with Crippen LogP contribution in [0.15, 0.2) is 41.8 Å². The number of imidazole rings is 1. The number of nitrogens with two attached hydrogens (primary N) is 1. The molecule has 1 aromatic heterocycles. The smallest absolute Gasteiger partial charge is 0.212 e. The van der Waals surface area contributed by atoms with Crippen molar-refractivity contribution in [2.24, 2.45) is 10.9 Å². The fourth-order valence-corrected chi connectivity index (χ4v) is 1.89. The quantitative estimate of drug-likeness (QED) is 0.346. The number of carbonyl (C=O) groups excluding carboxylic acids is 1. The number of nitrogens with one attached hydrogen (secondary N) is 1. The summed E-state index contributed by atoms with van der Waals surface area (Å²) in [4.78, 5) is 19.8. The summed E-state index contributed by atoms with van der Waals surface area (Å²) in [6.07, 6.45) is 2.15. The van der Waals surface area contributed by atoms with Crippen LogP contribution in [0.4, 0.5) is 5.82 Å². The highest BCUT2D eigenvalue weighted by Gasteiger charge is 2.15. The van der Waals surface area contributed by atoms with Crippen molar-refractivity contribution in [1.29, 1.82) is 0 Å². The minimum atomic E-state index is 0.162. The zero-order valence-corrected chi connectivity index (χ0v) is 11.7. The van der Waals surface area contributed by atoms with E-state index < -0.39 is 0 Å². The highest BCUT2D eigenvalue weighted by Crippen LogP contribution is 2.15. The molecule has 0 radical (unpaired) electrons. The van der Waals surface area contributed by atoms with Crippen LogP contribution in [0.1, 0.15) is 18.2 Å². The predicted octanol–water partition coefficient (Wildman–Crippen LogP) is 1.16. The van der Waals surface area contributed by atoms with Gasteiger partial charge in [0.1, 0.15) is 12.3 Å². The number of amidine groups is 1. The molecule has 3 N–H and O–H groups in total. The molecule has 1 heterocycles. The Kier molecular flexibility index (Phi) is 4.92. The molecule has 0 unspecified atom stereocenters. The number of oxime groups is 1. The van der Waals surface area contributed by atoms with Crippen molar-refractivity contribution >= 4 is 18.1 Å². The molecule has 0 saturated heterocycles. The van der Waals surface area contributed by atoms with E-state index in [-0.39, 0.29) is 5.84 Å². The van der Waals surface area contributed by atoms with Crippen LogP contribution in [0.5, 0.6) is 0 Å². The third-order valence-electron chi connectivity index (χ3n) is 2.76. The van der Waals surface area contributed by atoms with Crippen molar-refractivity contribution in [1.82, 2.24) is 9.55 Å². The number of rotatable bonds is 7. The first-order valence-corrected chi connectivity index (χ1v) is 6.51. The van der Waals surface area contributed by atoms with Gasteiger partial charge in [0.05, 0.1) is 6.33 Å². The summed E-state index contributed by atoms with van der Waals surface area (Å²) in [6.45, 7) is 2.78. The van der Waals surface area contributed by atoms with Gasteiger partial charge >= 0.3 is 0 Å². The van der Waals surface area contributed by atoms with Crippen molar-refractivity contribution < 1.29 is 9.63 Å². The average molecular weight is 287 g/mol. The monoisotopic (exact) mass is 287 g/mol. The van der Waals surface area contributed by atoms with Crippen LogP contribution in [0, 0.1) is 0 Å². The van der Waals surface area contributed by atoms with E-state index in [9.17, 15) is 4.79 Å². The van der Waals surface area contributed by atoms with Crippen molar-refractivity contribution in [3.05, 3.63) is 47.9 Å². The normalized spacial score (nSPS) is 11.2. The van der Waals surface area contributed by atoms with Crippen LogP contribution < -0.4 is 11.1 Å². The number of carbonyl (C=O) groups is 1. The van der Waals surface area contributed by atoms with Crippen molar-refractivity contribution in [2.45, 2.75) is 13.5 Å². The van der Waals surface area contributed by atoms with Gasteiger partial charge in [-0.3, -0.25) is 4.79 Å². The summed E-state index contributed by atoms with van der Waals surface area (Å²) in [5, 5.41) is 6.32. The third kappa shape index (κ3) is 3.59. The summed E-state index contributed by atoms with van der Waals surface area (Å²) in [5.74, 6) is 0.511. The molecule has 7 nitrogen and oxygen atoms in total. The Balaban J connectivity index is 2.34. The first-order valence-electron chi connectivity index (χ1n) is 6.51. The van der Waals surface area contributed by atoms with Gasteiger partial charge in [-0.25, -0.2) is 4.98 Å². The minimum Gasteiger partial charge on any atom is -0.394 e. The standard InChI is InChI=1S/C14H17N5O2/c1-2-21-18-13(15)12-14(17-10-20)16-9-19(12)8-11-6-4-3-5-7-11/h3-7,9-10H,2,8H2,1H3,(H2,15,18)(H,17,20). The Morgan fingerprint density at radius 3 is 2.90 bits per heavy atom. The second kappa shape index (κ2) is 7.09. The summed E-state index contributed by atoms with van der Waals surface area (Å²) in [7, 11) is 0. The molecule has 0 atom stereocenters. The van der Waals surface area contributed by atoms with Crippen molar-refractivity contribution in [3.63, 3.8) is 0 Å². The maximum atomic E-state index is 10.7. The van der Waals surface area contributed by atoms with Gasteiger partial charge in [0, 0.05) is 6.54 Å². The maximum absolute atomic E-state index is 10.7. The van der Waals surface area contributed by atoms with E-state index in [0.29, 0.717) is 31.1 Å². The van der Waals surface area contributed by atoms with Crippen molar-refractivity contribution in [2.75, 3.05) is 11.9 Å². The Morgan fingerprint density at radius 1 is 1.48 bits per heavy atom. The number of aromatic nitrogens is 2. The zero-order valence-electron chi connectivity index (χ0n) is 11.7. The Hall–Kier alpha value is -2.83. The lowest BCUT2D eigenvalue weighted by molar-refractivity contribution is -0.105. The van der Waals surface area contributed by atoms with Gasteiger partial charge in [-0.2, -0.15) is 0 Å². The van der Waals surface area contributed by atoms with Gasteiger partial charge in [0.25, 0.3) is 0 Å². The molecular formula is C14H17N5O2. The molecule has 7 heteroatoms. The summed E-state index contributed by atoms with van der Waals surface area (Å²) in [6, 6.07) is 9.84. The van der Waals surface area contributed by atoms with Gasteiger partial charge in [-0.05, 0) is 12.5 Å². The average Bonchev–Trinajstić information content (AvgIpc) is 2.89. The number of hydrogen-bond donors (Lipinski definition) is 2. The summed E-state index contributed by atoms with van der Waals surface area (Å²) in [5.41, 5.74) is 7.51. The maximum Gasteiger partial charge on any atom is 0.212 e. The first kappa shape index (κ1) is 14.6. The lowest BCUT2D eigenvalue weighted by Gasteiger charge is -2.09. The van der Waals surface area contributed by atoms with E-state index in [1.807, 2.05) is 37.3 Å². The van der Waals surface area contributed by atoms with E-state index in [1.165, 1.54) is 0 Å². The number of amides is 1. The third-order valence-corrected chi connectivity index (χ3v) is 2.76. The Morgan fingerprint density at radius 2 is 2.24 bits per heavy atom. The van der Waals surface area contributed by atoms with Crippen LogP contribution in [0.2, 0.25) is 0 Å². The largest absolute Gasteiger partial charge is 0.394 e. The number of hydrogen-bond acceptors (Lipinski definition) is 4. The molecule has 110 valence electrons. The zero-order chi connectivity index (χ0) is 15.1. The molecule has 0 spiro atoms. The molecular weight excluding hydrogens is 270 g/mol. The van der Waals surface area contributed by atoms with E-state index in [4.69, 9.17) is 10.6 Å². The first-order chi connectivity index (χ1) is 10.3. The number of nitrogens with zero attached hydrogens (tertiary/aromatic N) is 3. The van der Waals surface area contributed by atoms with Gasteiger partial charge in [0.15, 0.2) is 11.7 Å². The Bertz CT molecular complexity index is 622. The summed E-state index contributed by atoms with van der Waals surface area (Å²) >= 11 is 0. The van der Waals surface area contributed by atoms with Crippen LogP contribution in [-0.2, 0) is 16.2 Å². The number of benzene rings is 1. The topological polar surface area (TPSA) is 94.5 Å². The van der Waals surface area contributed by atoms with E-state index in [0.717, 1.165) is 5.56 Å². The molecule has 0 bridgehead atoms. The number of anilines is 1. The molecule has 1 amide bonds. The lowest BCUT2D eigenvalue weighted by atomic mass is 10.2. The fourth-order valence-electron chi connectivity index (χ4n) is 1.89. The lowest BCUT2D eigenvalue weighted by Crippen LogP contribution is -2.21. The highest BCUT2D eigenvalue weighted by atomic mass is 16.6. The van der Waals surface area contributed by atoms with E-state index >= 15 is 0 Å². The second-order valence-electron chi connectivity index (χ2n) is 4.21. The molecule has 0 saturated carbocycles. The van der Waals surface area contributed by atoms with Crippen LogP contribution in [0.25, 0.3) is 0 Å². The SMILES string of the molecule is CCO/N=C(\N)c1c(NC=O)ncn1Cc1ccccc1. The molecule has 2 aromatic rings. The molecule has 0 aliphatic rings. The van der Waals surface area contributed by atoms with Crippen LogP contribution >= 0.6 is 0 Å². The van der Waals surface area contributed by atoms with Crippen LogP contribution in [0.3, 0.4) is 0 Å². The van der Waals surface area contributed by atoms with Gasteiger partial charge in [0.2, 0.25) is 6.41 Å². The van der Waals surface area contributed by atoms with Gasteiger partial charge < -0.3 is 20.5 Å².